The molecule has 1 amide bonds. The summed E-state index contributed by atoms with van der Waals surface area (Å²) in [5.41, 5.74) is 1.06. The number of benzene rings is 2. The van der Waals surface area contributed by atoms with Gasteiger partial charge in [0.1, 0.15) is 11.3 Å². The summed E-state index contributed by atoms with van der Waals surface area (Å²) < 4.78 is 7.31. The molecule has 2 aromatic carbocycles. The Morgan fingerprint density at radius 2 is 2.07 bits per heavy atom. The van der Waals surface area contributed by atoms with Crippen molar-refractivity contribution >= 4 is 43.5 Å². The fourth-order valence-electron chi connectivity index (χ4n) is 2.64. The van der Waals surface area contributed by atoms with Gasteiger partial charge in [-0.1, -0.05) is 28.7 Å². The fraction of sp³-hybridized carbons (Fsp3) is 0.167. The van der Waals surface area contributed by atoms with Crippen LogP contribution in [0.5, 0.6) is 5.75 Å². The van der Waals surface area contributed by atoms with Crippen LogP contribution in [0, 0.1) is 0 Å². The van der Waals surface area contributed by atoms with Crippen molar-refractivity contribution in [3.8, 4) is 5.75 Å². The molecular weight excluding hydrogens is 366 g/mol. The Bertz CT molecular complexity index is 1200. The summed E-state index contributed by atoms with van der Waals surface area (Å²) in [5, 5.41) is 11.6. The Morgan fingerprint density at radius 3 is 2.93 bits per heavy atom. The lowest BCUT2D eigenvalue weighted by Crippen LogP contribution is -2.26. The van der Waals surface area contributed by atoms with Crippen LogP contribution in [0.2, 0.25) is 0 Å². The quantitative estimate of drug-likeness (QED) is 0.570. The van der Waals surface area contributed by atoms with Gasteiger partial charge in [0.2, 0.25) is 5.91 Å². The molecule has 0 saturated carbocycles. The summed E-state index contributed by atoms with van der Waals surface area (Å²) >= 11 is 1.36. The molecule has 0 unspecified atom stereocenters. The summed E-state index contributed by atoms with van der Waals surface area (Å²) in [6.07, 6.45) is 0.0895. The van der Waals surface area contributed by atoms with Gasteiger partial charge < -0.3 is 10.1 Å². The minimum Gasteiger partial charge on any atom is -0.497 e. The zero-order valence-corrected chi connectivity index (χ0v) is 15.2. The molecule has 2 heterocycles. The highest BCUT2D eigenvalue weighted by molar-refractivity contribution is 7.22. The van der Waals surface area contributed by atoms with Gasteiger partial charge in [0, 0.05) is 6.42 Å². The lowest BCUT2D eigenvalue weighted by Gasteiger charge is -2.04. The minimum atomic E-state index is -0.263. The molecule has 0 radical (unpaired) electrons. The van der Waals surface area contributed by atoms with Gasteiger partial charge in [-0.05, 0) is 30.3 Å². The fourth-order valence-corrected chi connectivity index (χ4v) is 3.55. The van der Waals surface area contributed by atoms with E-state index in [9.17, 15) is 9.59 Å². The van der Waals surface area contributed by atoms with Crippen molar-refractivity contribution in [2.45, 2.75) is 13.0 Å². The number of aryl methyl sites for hydroxylation is 1. The molecule has 27 heavy (non-hydrogen) atoms. The van der Waals surface area contributed by atoms with Crippen molar-refractivity contribution in [3.63, 3.8) is 0 Å². The third kappa shape index (κ3) is 3.49. The van der Waals surface area contributed by atoms with Crippen molar-refractivity contribution in [1.29, 1.82) is 0 Å². The molecular formula is C18H15N5O3S. The van der Waals surface area contributed by atoms with Crippen LogP contribution >= 0.6 is 11.3 Å². The largest absolute Gasteiger partial charge is 0.497 e. The van der Waals surface area contributed by atoms with E-state index in [-0.39, 0.29) is 24.4 Å². The number of amides is 1. The van der Waals surface area contributed by atoms with Crippen LogP contribution in [0.25, 0.3) is 21.1 Å². The molecule has 2 aromatic heterocycles. The van der Waals surface area contributed by atoms with Gasteiger partial charge in [-0.25, -0.2) is 9.67 Å². The highest BCUT2D eigenvalue weighted by Gasteiger charge is 2.11. The van der Waals surface area contributed by atoms with E-state index < -0.39 is 0 Å². The number of rotatable bonds is 5. The number of hydrogen-bond acceptors (Lipinski definition) is 7. The van der Waals surface area contributed by atoms with Crippen LogP contribution in [-0.4, -0.2) is 33.0 Å². The normalized spacial score (nSPS) is 11.0. The Hall–Kier alpha value is -3.33. The average molecular weight is 381 g/mol. The zero-order chi connectivity index (χ0) is 18.8. The van der Waals surface area contributed by atoms with Gasteiger partial charge in [0.25, 0.3) is 5.56 Å². The molecule has 4 aromatic rings. The van der Waals surface area contributed by atoms with Crippen molar-refractivity contribution in [2.24, 2.45) is 0 Å². The van der Waals surface area contributed by atoms with E-state index in [0.717, 1.165) is 16.0 Å². The number of ether oxygens (including phenoxy) is 1. The summed E-state index contributed by atoms with van der Waals surface area (Å²) in [4.78, 5) is 29.0. The molecule has 4 rings (SSSR count). The minimum absolute atomic E-state index is 0.0895. The maximum absolute atomic E-state index is 12.4. The monoisotopic (exact) mass is 381 g/mol. The third-order valence-electron chi connectivity index (χ3n) is 4.02. The smallest absolute Gasteiger partial charge is 0.277 e. The average Bonchev–Trinajstić information content (AvgIpc) is 3.08. The SMILES string of the molecule is COc1ccc2nc(NC(=O)CCn3nnc4ccccc4c3=O)sc2c1. The predicted octanol–water partition coefficient (Wildman–Crippen LogP) is 2.44. The summed E-state index contributed by atoms with van der Waals surface area (Å²) in [6.45, 7) is 0.140. The Balaban J connectivity index is 1.45. The van der Waals surface area contributed by atoms with Crippen molar-refractivity contribution in [2.75, 3.05) is 12.4 Å². The topological polar surface area (TPSA) is 99.0 Å². The molecule has 0 aliphatic rings. The van der Waals surface area contributed by atoms with Gasteiger partial charge in [-0.2, -0.15) is 0 Å². The van der Waals surface area contributed by atoms with Crippen LogP contribution in [0.15, 0.2) is 47.3 Å². The van der Waals surface area contributed by atoms with Crippen LogP contribution in [-0.2, 0) is 11.3 Å². The van der Waals surface area contributed by atoms with Crippen LogP contribution in [0.3, 0.4) is 0 Å². The molecule has 0 bridgehead atoms. The number of hydrogen-bond donors (Lipinski definition) is 1. The number of nitrogens with zero attached hydrogens (tertiary/aromatic N) is 4. The number of methoxy groups -OCH3 is 1. The van der Waals surface area contributed by atoms with Gasteiger partial charge in [0.05, 0.1) is 29.3 Å². The van der Waals surface area contributed by atoms with Crippen molar-refractivity contribution in [1.82, 2.24) is 20.0 Å². The van der Waals surface area contributed by atoms with E-state index in [2.05, 4.69) is 20.6 Å². The number of thiazole rings is 1. The molecule has 0 fully saturated rings. The molecule has 8 nitrogen and oxygen atoms in total. The molecule has 0 spiro atoms. The summed E-state index contributed by atoms with van der Waals surface area (Å²) in [7, 11) is 1.60. The maximum atomic E-state index is 12.4. The van der Waals surface area contributed by atoms with E-state index in [1.807, 2.05) is 18.2 Å². The first-order valence-corrected chi connectivity index (χ1v) is 9.02. The van der Waals surface area contributed by atoms with Gasteiger partial charge in [0.15, 0.2) is 5.13 Å². The first-order chi connectivity index (χ1) is 13.1. The van der Waals surface area contributed by atoms with Crippen LogP contribution in [0.4, 0.5) is 5.13 Å². The molecule has 9 heteroatoms. The predicted molar refractivity (Wildman–Crippen MR) is 103 cm³/mol. The Morgan fingerprint density at radius 1 is 1.22 bits per heavy atom. The number of aromatic nitrogens is 4. The van der Waals surface area contributed by atoms with Gasteiger partial charge in [-0.15, -0.1) is 5.10 Å². The third-order valence-corrected chi connectivity index (χ3v) is 4.96. The molecule has 0 aliphatic heterocycles. The van der Waals surface area contributed by atoms with E-state index in [0.29, 0.717) is 16.0 Å². The number of nitrogens with one attached hydrogen (secondary N) is 1. The second kappa shape index (κ2) is 7.12. The highest BCUT2D eigenvalue weighted by Crippen LogP contribution is 2.29. The molecule has 136 valence electrons. The van der Waals surface area contributed by atoms with E-state index in [1.54, 1.807) is 31.4 Å². The maximum Gasteiger partial charge on any atom is 0.277 e. The first kappa shape index (κ1) is 17.1. The van der Waals surface area contributed by atoms with E-state index in [1.165, 1.54) is 16.0 Å². The van der Waals surface area contributed by atoms with Crippen molar-refractivity contribution < 1.29 is 9.53 Å². The number of fused-ring (bicyclic) bond motifs is 2. The van der Waals surface area contributed by atoms with Gasteiger partial charge in [-0.3, -0.25) is 9.59 Å². The second-order valence-electron chi connectivity index (χ2n) is 5.79. The number of carbonyl (C=O) groups is 1. The number of carbonyl (C=O) groups excluding carboxylic acids is 1. The summed E-state index contributed by atoms with van der Waals surface area (Å²) in [5.74, 6) is 0.487. The molecule has 0 saturated heterocycles. The second-order valence-corrected chi connectivity index (χ2v) is 6.82. The summed E-state index contributed by atoms with van der Waals surface area (Å²) in [6, 6.07) is 12.5. The number of anilines is 1. The standard InChI is InChI=1S/C18H15N5O3S/c1-26-11-6-7-14-15(10-11)27-18(19-14)20-16(24)8-9-23-17(25)12-4-2-3-5-13(12)21-22-23/h2-7,10H,8-9H2,1H3,(H,19,20,24). The van der Waals surface area contributed by atoms with E-state index in [4.69, 9.17) is 4.74 Å². The Kier molecular flexibility index (Phi) is 4.51. The molecule has 1 N–H and O–H groups in total. The van der Waals surface area contributed by atoms with Crippen molar-refractivity contribution in [3.05, 3.63) is 52.8 Å². The first-order valence-electron chi connectivity index (χ1n) is 8.21. The Labute approximate surface area is 157 Å². The molecule has 0 aliphatic carbocycles. The van der Waals surface area contributed by atoms with Crippen LogP contribution < -0.4 is 15.6 Å². The lowest BCUT2D eigenvalue weighted by atomic mass is 10.2. The lowest BCUT2D eigenvalue weighted by molar-refractivity contribution is -0.116. The van der Waals surface area contributed by atoms with E-state index >= 15 is 0 Å². The van der Waals surface area contributed by atoms with Crippen LogP contribution in [0.1, 0.15) is 6.42 Å². The van der Waals surface area contributed by atoms with Gasteiger partial charge >= 0.3 is 0 Å². The zero-order valence-electron chi connectivity index (χ0n) is 14.4. The highest BCUT2D eigenvalue weighted by atomic mass is 32.1. The molecule has 0 atom stereocenters.